The minimum absolute atomic E-state index is 0.0416. The third kappa shape index (κ3) is 4.23. The van der Waals surface area contributed by atoms with Gasteiger partial charge in [-0.25, -0.2) is 8.42 Å². The van der Waals surface area contributed by atoms with E-state index in [1.165, 1.54) is 31.3 Å². The first-order valence-electron chi connectivity index (χ1n) is 9.38. The van der Waals surface area contributed by atoms with E-state index in [0.717, 1.165) is 10.8 Å². The average Bonchev–Trinajstić information content (AvgIpc) is 2.79. The number of halogens is 1. The molecule has 0 spiro atoms. The Morgan fingerprint density at radius 1 is 0.968 bits per heavy atom. The molecule has 1 heterocycles. The number of amides is 1. The summed E-state index contributed by atoms with van der Waals surface area (Å²) in [6, 6.07) is 20.2. The fourth-order valence-electron chi connectivity index (χ4n) is 3.25. The van der Waals surface area contributed by atoms with Gasteiger partial charge in [0.25, 0.3) is 15.9 Å². The number of fused-ring (bicyclic) bond motifs is 1. The van der Waals surface area contributed by atoms with Crippen molar-refractivity contribution in [2.24, 2.45) is 0 Å². The quantitative estimate of drug-likeness (QED) is 0.459. The van der Waals surface area contributed by atoms with Crippen LogP contribution in [0.4, 0.5) is 5.69 Å². The molecular formula is C23H18ClN3O3S. The van der Waals surface area contributed by atoms with Crippen molar-refractivity contribution in [1.29, 1.82) is 0 Å². The van der Waals surface area contributed by atoms with Crippen LogP contribution in [-0.4, -0.2) is 26.4 Å². The van der Waals surface area contributed by atoms with Crippen molar-refractivity contribution >= 4 is 44.0 Å². The van der Waals surface area contributed by atoms with Crippen molar-refractivity contribution in [2.75, 3.05) is 11.8 Å². The summed E-state index contributed by atoms with van der Waals surface area (Å²) in [4.78, 5) is 16.2. The van der Waals surface area contributed by atoms with E-state index in [1.54, 1.807) is 24.4 Å². The first-order valence-corrected chi connectivity index (χ1v) is 11.2. The maximum absolute atomic E-state index is 12.8. The number of pyridine rings is 1. The monoisotopic (exact) mass is 451 g/mol. The summed E-state index contributed by atoms with van der Waals surface area (Å²) in [5.74, 6) is -0.290. The number of hydrogen-bond acceptors (Lipinski definition) is 4. The smallest absolute Gasteiger partial charge is 0.261 e. The molecule has 0 unspecified atom stereocenters. The molecule has 2 N–H and O–H groups in total. The molecule has 0 fully saturated rings. The van der Waals surface area contributed by atoms with E-state index in [1.807, 2.05) is 30.3 Å². The third-order valence-electron chi connectivity index (χ3n) is 4.80. The van der Waals surface area contributed by atoms with E-state index in [-0.39, 0.29) is 10.8 Å². The highest BCUT2D eigenvalue weighted by Crippen LogP contribution is 2.34. The first kappa shape index (κ1) is 20.8. The Morgan fingerprint density at radius 2 is 1.71 bits per heavy atom. The van der Waals surface area contributed by atoms with Gasteiger partial charge in [0.2, 0.25) is 0 Å². The molecular weight excluding hydrogens is 434 g/mol. The molecule has 0 aliphatic carbocycles. The Balaban J connectivity index is 1.69. The normalized spacial score (nSPS) is 11.3. The Bertz CT molecular complexity index is 1380. The highest BCUT2D eigenvalue weighted by atomic mass is 35.5. The molecule has 0 aliphatic heterocycles. The number of anilines is 1. The van der Waals surface area contributed by atoms with Gasteiger partial charge in [-0.1, -0.05) is 35.9 Å². The zero-order valence-electron chi connectivity index (χ0n) is 16.5. The standard InChI is InChI=1S/C23H18ClN3O3S/c1-25-23(28)16-6-9-18(10-7-16)31(29,30)27-17-8-11-21(24)20(14-17)22-19-5-3-2-4-15(19)12-13-26-22/h2-14,27H,1H3,(H,25,28). The number of nitrogens with zero attached hydrogens (tertiary/aromatic N) is 1. The lowest BCUT2D eigenvalue weighted by atomic mass is 10.0. The maximum Gasteiger partial charge on any atom is 0.261 e. The van der Waals surface area contributed by atoms with Crippen LogP contribution in [0.2, 0.25) is 5.02 Å². The van der Waals surface area contributed by atoms with Crippen LogP contribution >= 0.6 is 11.6 Å². The molecule has 0 bridgehead atoms. The molecule has 4 rings (SSSR count). The Morgan fingerprint density at radius 3 is 2.45 bits per heavy atom. The molecule has 6 nitrogen and oxygen atoms in total. The van der Waals surface area contributed by atoms with Crippen molar-refractivity contribution in [3.05, 3.63) is 89.6 Å². The van der Waals surface area contributed by atoms with E-state index in [4.69, 9.17) is 11.6 Å². The summed E-state index contributed by atoms with van der Waals surface area (Å²) in [5, 5.41) is 4.88. The summed E-state index contributed by atoms with van der Waals surface area (Å²) in [6.45, 7) is 0. The summed E-state index contributed by atoms with van der Waals surface area (Å²) in [5.41, 5.74) is 2.01. The second-order valence-electron chi connectivity index (χ2n) is 6.78. The maximum atomic E-state index is 12.8. The number of benzene rings is 3. The molecule has 0 saturated heterocycles. The van der Waals surface area contributed by atoms with Gasteiger partial charge in [0, 0.05) is 35.4 Å². The van der Waals surface area contributed by atoms with E-state index < -0.39 is 10.0 Å². The first-order chi connectivity index (χ1) is 14.9. The van der Waals surface area contributed by atoms with Crippen molar-refractivity contribution in [1.82, 2.24) is 10.3 Å². The second kappa shape index (κ2) is 8.37. The lowest BCUT2D eigenvalue weighted by molar-refractivity contribution is 0.0963. The van der Waals surface area contributed by atoms with Gasteiger partial charge < -0.3 is 5.32 Å². The summed E-state index contributed by atoms with van der Waals surface area (Å²) in [6.07, 6.45) is 1.69. The minimum atomic E-state index is -3.86. The topological polar surface area (TPSA) is 88.2 Å². The van der Waals surface area contributed by atoms with Crippen LogP contribution in [0.25, 0.3) is 22.0 Å². The lowest BCUT2D eigenvalue weighted by Crippen LogP contribution is -2.18. The van der Waals surface area contributed by atoms with E-state index in [0.29, 0.717) is 27.5 Å². The number of nitrogens with one attached hydrogen (secondary N) is 2. The molecule has 1 amide bonds. The average molecular weight is 452 g/mol. The van der Waals surface area contributed by atoms with Crippen LogP contribution in [0.1, 0.15) is 10.4 Å². The minimum Gasteiger partial charge on any atom is -0.355 e. The molecule has 3 aromatic carbocycles. The molecule has 4 aromatic rings. The van der Waals surface area contributed by atoms with Crippen molar-refractivity contribution < 1.29 is 13.2 Å². The number of sulfonamides is 1. The van der Waals surface area contributed by atoms with Crippen LogP contribution in [0.15, 0.2) is 83.9 Å². The largest absolute Gasteiger partial charge is 0.355 e. The van der Waals surface area contributed by atoms with Crippen LogP contribution < -0.4 is 10.0 Å². The van der Waals surface area contributed by atoms with Gasteiger partial charge in [-0.05, 0) is 53.9 Å². The molecule has 156 valence electrons. The van der Waals surface area contributed by atoms with Gasteiger partial charge in [0.15, 0.2) is 0 Å². The predicted molar refractivity (Wildman–Crippen MR) is 123 cm³/mol. The second-order valence-corrected chi connectivity index (χ2v) is 8.87. The van der Waals surface area contributed by atoms with Gasteiger partial charge in [0.05, 0.1) is 15.6 Å². The highest BCUT2D eigenvalue weighted by molar-refractivity contribution is 7.92. The van der Waals surface area contributed by atoms with Gasteiger partial charge in [-0.2, -0.15) is 0 Å². The Kier molecular flexibility index (Phi) is 5.63. The lowest BCUT2D eigenvalue weighted by Gasteiger charge is -2.12. The Labute approximate surface area is 185 Å². The zero-order valence-corrected chi connectivity index (χ0v) is 18.0. The number of hydrogen-bond donors (Lipinski definition) is 2. The zero-order chi connectivity index (χ0) is 22.0. The van der Waals surface area contributed by atoms with Crippen LogP contribution in [0, 0.1) is 0 Å². The molecule has 0 aliphatic rings. The SMILES string of the molecule is CNC(=O)c1ccc(S(=O)(=O)Nc2ccc(Cl)c(-c3nccc4ccccc34)c2)cc1. The summed E-state index contributed by atoms with van der Waals surface area (Å²) < 4.78 is 28.2. The van der Waals surface area contributed by atoms with Crippen LogP contribution in [0.5, 0.6) is 0 Å². The van der Waals surface area contributed by atoms with Gasteiger partial charge >= 0.3 is 0 Å². The third-order valence-corrected chi connectivity index (χ3v) is 6.53. The summed E-state index contributed by atoms with van der Waals surface area (Å²) >= 11 is 6.43. The van der Waals surface area contributed by atoms with Crippen molar-refractivity contribution in [3.63, 3.8) is 0 Å². The van der Waals surface area contributed by atoms with E-state index in [2.05, 4.69) is 15.0 Å². The number of carbonyl (C=O) groups excluding carboxylic acids is 1. The van der Waals surface area contributed by atoms with Gasteiger partial charge in [-0.3, -0.25) is 14.5 Å². The van der Waals surface area contributed by atoms with Crippen LogP contribution in [0.3, 0.4) is 0 Å². The van der Waals surface area contributed by atoms with E-state index in [9.17, 15) is 13.2 Å². The van der Waals surface area contributed by atoms with Gasteiger partial charge in [0.1, 0.15) is 0 Å². The fourth-order valence-corrected chi connectivity index (χ4v) is 4.50. The fraction of sp³-hybridized carbons (Fsp3) is 0.0435. The molecule has 8 heteroatoms. The Hall–Kier alpha value is -3.42. The van der Waals surface area contributed by atoms with E-state index >= 15 is 0 Å². The van der Waals surface area contributed by atoms with Crippen molar-refractivity contribution in [2.45, 2.75) is 4.90 Å². The molecule has 0 atom stereocenters. The van der Waals surface area contributed by atoms with Crippen LogP contribution in [-0.2, 0) is 10.0 Å². The predicted octanol–water partition coefficient (Wildman–Crippen LogP) is 4.72. The highest BCUT2D eigenvalue weighted by Gasteiger charge is 2.17. The summed E-state index contributed by atoms with van der Waals surface area (Å²) in [7, 11) is -2.35. The number of aromatic nitrogens is 1. The number of carbonyl (C=O) groups is 1. The molecule has 31 heavy (non-hydrogen) atoms. The molecule has 0 radical (unpaired) electrons. The molecule has 0 saturated carbocycles. The van der Waals surface area contributed by atoms with Crippen molar-refractivity contribution in [3.8, 4) is 11.3 Å². The number of rotatable bonds is 5. The van der Waals surface area contributed by atoms with Gasteiger partial charge in [-0.15, -0.1) is 0 Å². The molecule has 1 aromatic heterocycles.